The second-order valence-corrected chi connectivity index (χ2v) is 27.7. The number of fused-ring (bicyclic) bond motifs is 2. The standard InChI is InChI=1S/C29H37F3N2O11S2.C29H38N2O9S/c1-18(2)15-34(46(37,38)22-10-8-20(41-3)9-11-22)16-25(35)24(33-28(36)44-26-17-43-27-23(26)12-13-42-27)14-19-4-6-21(7-5-19)45-47(39,40)29(30,31)32;1-19(2)15-31(41(35,36)23-10-8-22(37-3)9-11-23)16-26(33)25(14-20-4-6-21(17-32)7-5-20)30-29(34)40-27-18-39-28-24(27)12-13-38-28/h4-11,18,23-27,35H,12-17H2,1-3H3,(H,33,36);4-11,17,19,24-28,33H,12-16,18H2,1-3H3,(H,30,34)/t23-,24-,25+,26-,27+;24-,25-,26+,27-,28+/m00/s1. The summed E-state index contributed by atoms with van der Waals surface area (Å²) in [4.78, 5) is 37.2. The second-order valence-electron chi connectivity index (χ2n) is 22.3. The zero-order valence-electron chi connectivity index (χ0n) is 49.2. The normalized spacial score (nSPS) is 21.6. The minimum atomic E-state index is -5.90. The molecular formula is C58H75F3N4O20S3. The fourth-order valence-electron chi connectivity index (χ4n) is 10.2. The topological polar surface area (TPSA) is 308 Å². The van der Waals surface area contributed by atoms with Crippen LogP contribution in [0.25, 0.3) is 0 Å². The molecule has 0 bridgehead atoms. The number of aldehydes is 1. The quantitative estimate of drug-likeness (QED) is 0.0319. The Bertz CT molecular complexity index is 3280. The first-order chi connectivity index (χ1) is 41.6. The van der Waals surface area contributed by atoms with Gasteiger partial charge in [-0.3, -0.25) is 4.79 Å². The van der Waals surface area contributed by atoms with Gasteiger partial charge in [-0.05, 0) is 109 Å². The number of aliphatic hydroxyl groups is 2. The molecule has 0 aliphatic carbocycles. The van der Waals surface area contributed by atoms with Gasteiger partial charge < -0.3 is 62.9 Å². The van der Waals surface area contributed by atoms with Gasteiger partial charge in [0.2, 0.25) is 20.0 Å². The highest BCUT2D eigenvalue weighted by Crippen LogP contribution is 2.35. The number of hydrogen-bond acceptors (Lipinski definition) is 20. The number of amides is 2. The van der Waals surface area contributed by atoms with Crippen molar-refractivity contribution in [2.24, 2.45) is 23.7 Å². The van der Waals surface area contributed by atoms with E-state index in [2.05, 4.69) is 14.8 Å². The van der Waals surface area contributed by atoms with Crippen molar-refractivity contribution in [1.82, 2.24) is 19.2 Å². The van der Waals surface area contributed by atoms with Crippen molar-refractivity contribution in [2.45, 2.75) is 118 Å². The summed E-state index contributed by atoms with van der Waals surface area (Å²) in [5.41, 5.74) is -4.06. The first-order valence-electron chi connectivity index (χ1n) is 28.3. The molecule has 88 heavy (non-hydrogen) atoms. The number of carbonyl (C=O) groups excluding carboxylic acids is 3. The van der Waals surface area contributed by atoms with Crippen molar-refractivity contribution < 1.29 is 105 Å². The summed E-state index contributed by atoms with van der Waals surface area (Å²) in [6.07, 6.45) is -4.40. The number of rotatable bonds is 27. The van der Waals surface area contributed by atoms with Crippen LogP contribution in [0.15, 0.2) is 107 Å². The maximum absolute atomic E-state index is 13.7. The zero-order chi connectivity index (χ0) is 64.1. The van der Waals surface area contributed by atoms with Crippen LogP contribution >= 0.6 is 0 Å². The average molecular weight is 1300 g/mol. The van der Waals surface area contributed by atoms with Crippen LogP contribution in [0.3, 0.4) is 0 Å². The van der Waals surface area contributed by atoms with Gasteiger partial charge in [-0.25, -0.2) is 26.4 Å². The van der Waals surface area contributed by atoms with E-state index in [0.717, 1.165) is 28.3 Å². The van der Waals surface area contributed by atoms with Gasteiger partial charge in [0.1, 0.15) is 35.7 Å². The van der Waals surface area contributed by atoms with Gasteiger partial charge in [0.05, 0.1) is 86.6 Å². The van der Waals surface area contributed by atoms with Crippen molar-refractivity contribution in [2.75, 3.05) is 66.8 Å². The lowest BCUT2D eigenvalue weighted by Crippen LogP contribution is -2.51. The van der Waals surface area contributed by atoms with E-state index < -0.39 is 109 Å². The number of alkyl halides is 3. The number of aliphatic hydroxyl groups excluding tert-OH is 2. The predicted molar refractivity (Wildman–Crippen MR) is 308 cm³/mol. The summed E-state index contributed by atoms with van der Waals surface area (Å²) in [6, 6.07) is 20.9. The van der Waals surface area contributed by atoms with Crippen LogP contribution in [0, 0.1) is 23.7 Å². The molecule has 0 saturated carbocycles. The molecule has 4 aromatic rings. The van der Waals surface area contributed by atoms with Gasteiger partial charge in [0.25, 0.3) is 0 Å². The highest BCUT2D eigenvalue weighted by Gasteiger charge is 2.49. The fourth-order valence-corrected chi connectivity index (χ4v) is 13.9. The molecule has 0 radical (unpaired) electrons. The molecule has 486 valence electrons. The Labute approximate surface area is 510 Å². The molecule has 8 rings (SSSR count). The van der Waals surface area contributed by atoms with Gasteiger partial charge in [-0.15, -0.1) is 0 Å². The maximum Gasteiger partial charge on any atom is 0.534 e. The van der Waals surface area contributed by atoms with E-state index in [9.17, 15) is 63.0 Å². The van der Waals surface area contributed by atoms with E-state index >= 15 is 0 Å². The lowest BCUT2D eigenvalue weighted by atomic mass is 10.00. The van der Waals surface area contributed by atoms with E-state index in [-0.39, 0.29) is 79.2 Å². The highest BCUT2D eigenvalue weighted by atomic mass is 32.2. The summed E-state index contributed by atoms with van der Waals surface area (Å²) >= 11 is 0. The first-order valence-corrected chi connectivity index (χ1v) is 32.6. The Balaban J connectivity index is 0.000000253. The van der Waals surface area contributed by atoms with Gasteiger partial charge in [-0.2, -0.15) is 30.2 Å². The van der Waals surface area contributed by atoms with Crippen LogP contribution in [-0.4, -0.2) is 184 Å². The summed E-state index contributed by atoms with van der Waals surface area (Å²) < 4.78 is 165. The van der Waals surface area contributed by atoms with Crippen molar-refractivity contribution >= 4 is 48.6 Å². The third kappa shape index (κ3) is 18.5. The molecule has 0 aromatic heterocycles. The molecule has 0 spiro atoms. The minimum absolute atomic E-state index is 0.0186. The lowest BCUT2D eigenvalue weighted by molar-refractivity contribution is -0.0909. The number of alkyl carbamates (subject to hydrolysis) is 2. The van der Waals surface area contributed by atoms with Crippen LogP contribution in [0.4, 0.5) is 22.8 Å². The molecule has 10 atom stereocenters. The number of sulfonamides is 2. The van der Waals surface area contributed by atoms with Gasteiger partial charge in [0.15, 0.2) is 12.6 Å². The van der Waals surface area contributed by atoms with Crippen molar-refractivity contribution in [3.63, 3.8) is 0 Å². The Kier molecular flexibility index (Phi) is 24.1. The molecular weight excluding hydrogens is 1230 g/mol. The Hall–Kier alpha value is -6.19. The van der Waals surface area contributed by atoms with Crippen LogP contribution in [0.1, 0.15) is 62.0 Å². The fraction of sp³-hybridized carbons (Fsp3) is 0.534. The molecule has 0 unspecified atom stereocenters. The summed E-state index contributed by atoms with van der Waals surface area (Å²) in [6.45, 7) is 8.09. The molecule has 4 aromatic carbocycles. The molecule has 30 heteroatoms. The van der Waals surface area contributed by atoms with Crippen molar-refractivity contribution in [3.05, 3.63) is 114 Å². The van der Waals surface area contributed by atoms with Crippen molar-refractivity contribution in [3.8, 4) is 17.2 Å². The number of carbonyl (C=O) groups is 3. The Morgan fingerprint density at radius 1 is 0.591 bits per heavy atom. The Morgan fingerprint density at radius 2 is 0.966 bits per heavy atom. The number of hydrogen-bond donors (Lipinski definition) is 4. The van der Waals surface area contributed by atoms with E-state index in [0.29, 0.717) is 48.7 Å². The molecule has 4 heterocycles. The SMILES string of the molecule is COc1ccc(S(=O)(=O)N(CC(C)C)C[C@@H](O)[C@H](Cc2ccc(C=O)cc2)NC(=O)O[C@H]2CO[C@H]3OCC[C@H]32)cc1.COc1ccc(S(=O)(=O)N(CC(C)C)C[C@@H](O)[C@H](Cc2ccc(OS(=O)(=O)C(F)(F)F)cc2)NC(=O)O[C@H]2CO[C@H]3OCC[C@H]32)cc1. The smallest absolute Gasteiger partial charge is 0.497 e. The number of halogens is 3. The molecule has 2 amide bonds. The van der Waals surface area contributed by atoms with Crippen LogP contribution < -0.4 is 24.3 Å². The van der Waals surface area contributed by atoms with Crippen LogP contribution in [0.2, 0.25) is 0 Å². The summed E-state index contributed by atoms with van der Waals surface area (Å²) in [7, 11) is -11.1. The first kappa shape index (κ1) is 69.3. The largest absolute Gasteiger partial charge is 0.534 e. The van der Waals surface area contributed by atoms with Crippen LogP contribution in [0.5, 0.6) is 17.2 Å². The third-order valence-corrected chi connectivity index (χ3v) is 19.4. The van der Waals surface area contributed by atoms with E-state index in [1.165, 1.54) is 67.1 Å². The monoisotopic (exact) mass is 1300 g/mol. The van der Waals surface area contributed by atoms with E-state index in [1.807, 2.05) is 13.8 Å². The van der Waals surface area contributed by atoms with Gasteiger partial charge >= 0.3 is 27.8 Å². The maximum atomic E-state index is 13.7. The summed E-state index contributed by atoms with van der Waals surface area (Å²) in [5.74, 6) is -0.0815. The number of benzene rings is 4. The number of methoxy groups -OCH3 is 2. The molecule has 4 fully saturated rings. The van der Waals surface area contributed by atoms with Crippen LogP contribution in [-0.2, 0) is 71.4 Å². The highest BCUT2D eigenvalue weighted by molar-refractivity contribution is 7.89. The predicted octanol–water partition coefficient (Wildman–Crippen LogP) is 5.64. The van der Waals surface area contributed by atoms with E-state index in [1.54, 1.807) is 50.2 Å². The third-order valence-electron chi connectivity index (χ3n) is 14.8. The van der Waals surface area contributed by atoms with Gasteiger partial charge in [-0.1, -0.05) is 64.1 Å². The number of ether oxygens (including phenoxy) is 8. The van der Waals surface area contributed by atoms with Gasteiger partial charge in [0, 0.05) is 31.7 Å². The molecule has 4 N–H and O–H groups in total. The zero-order valence-corrected chi connectivity index (χ0v) is 51.7. The molecule has 4 aliphatic rings. The number of nitrogens with zero attached hydrogens (tertiary/aromatic N) is 2. The number of nitrogens with one attached hydrogen (secondary N) is 2. The Morgan fingerprint density at radius 3 is 1.32 bits per heavy atom. The average Bonchev–Trinajstić information content (AvgIpc) is 4.09. The molecule has 4 saturated heterocycles. The molecule has 24 nitrogen and oxygen atoms in total. The summed E-state index contributed by atoms with van der Waals surface area (Å²) in [5, 5.41) is 28.2. The second kappa shape index (κ2) is 30.5. The lowest BCUT2D eigenvalue weighted by Gasteiger charge is -2.31. The van der Waals surface area contributed by atoms with E-state index in [4.69, 9.17) is 37.9 Å². The van der Waals surface area contributed by atoms with Crippen molar-refractivity contribution in [1.29, 1.82) is 0 Å². The molecule has 4 aliphatic heterocycles. The minimum Gasteiger partial charge on any atom is -0.497 e.